The van der Waals surface area contributed by atoms with E-state index in [0.29, 0.717) is 0 Å². The Morgan fingerprint density at radius 2 is 1.67 bits per heavy atom. The molecule has 70 valence electrons. The maximum Gasteiger partial charge on any atom is 0.0397 e. The molecule has 0 spiro atoms. The summed E-state index contributed by atoms with van der Waals surface area (Å²) in [5, 5.41) is 6.76. The summed E-state index contributed by atoms with van der Waals surface area (Å²) in [5.41, 5.74) is 0. The lowest BCUT2D eigenvalue weighted by Gasteiger charge is -2.06. The first-order valence-electron chi connectivity index (χ1n) is 4.90. The van der Waals surface area contributed by atoms with Crippen LogP contribution < -0.4 is 10.6 Å². The molecule has 0 unspecified atom stereocenters. The second-order valence-corrected chi connectivity index (χ2v) is 3.08. The van der Waals surface area contributed by atoms with Crippen LogP contribution in [0, 0.1) is 0 Å². The standard InChI is InChI=1S/C9H19N3/c1-4-10-6-2-8-12-9-3-7-11-5-1/h4,11-12H,1-3,5-9H2. The molecule has 0 atom stereocenters. The number of nitrogens with one attached hydrogen (secondary N) is 2. The van der Waals surface area contributed by atoms with E-state index in [4.69, 9.17) is 0 Å². The average molecular weight is 169 g/mol. The van der Waals surface area contributed by atoms with E-state index in [1.165, 1.54) is 12.8 Å². The fourth-order valence-corrected chi connectivity index (χ4v) is 1.23. The second kappa shape index (κ2) is 7.25. The van der Waals surface area contributed by atoms with Crippen LogP contribution in [0.25, 0.3) is 0 Å². The highest BCUT2D eigenvalue weighted by Gasteiger charge is 1.90. The molecule has 2 N–H and O–H groups in total. The Labute approximate surface area is 74.6 Å². The van der Waals surface area contributed by atoms with E-state index < -0.39 is 0 Å². The Hall–Kier alpha value is -0.410. The molecule has 0 saturated heterocycles. The van der Waals surface area contributed by atoms with Crippen molar-refractivity contribution in [3.05, 3.63) is 0 Å². The van der Waals surface area contributed by atoms with Crippen molar-refractivity contribution in [1.82, 2.24) is 10.6 Å². The maximum atomic E-state index is 4.30. The first kappa shape index (κ1) is 9.68. The molecule has 12 heavy (non-hydrogen) atoms. The summed E-state index contributed by atoms with van der Waals surface area (Å²) in [6, 6.07) is 0. The Balaban J connectivity index is 2.10. The summed E-state index contributed by atoms with van der Waals surface area (Å²) in [6.45, 7) is 5.42. The SMILES string of the molecule is C1=NCCCNCCCNCC1. The number of aliphatic imine (C=N–C) groups is 1. The van der Waals surface area contributed by atoms with Gasteiger partial charge in [-0.2, -0.15) is 0 Å². The predicted molar refractivity (Wildman–Crippen MR) is 52.9 cm³/mol. The van der Waals surface area contributed by atoms with Gasteiger partial charge in [-0.3, -0.25) is 4.99 Å². The molecule has 0 aromatic carbocycles. The highest BCUT2D eigenvalue weighted by atomic mass is 14.9. The molecule has 0 aromatic rings. The highest BCUT2D eigenvalue weighted by Crippen LogP contribution is 1.83. The minimum atomic E-state index is 0.979. The molecule has 0 fully saturated rings. The highest BCUT2D eigenvalue weighted by molar-refractivity contribution is 5.57. The maximum absolute atomic E-state index is 4.30. The summed E-state index contributed by atoms with van der Waals surface area (Å²) < 4.78 is 0. The first-order chi connectivity index (χ1) is 6.00. The van der Waals surface area contributed by atoms with Crippen molar-refractivity contribution in [1.29, 1.82) is 0 Å². The first-order valence-corrected chi connectivity index (χ1v) is 4.90. The molecule has 0 aromatic heterocycles. The molecule has 1 rings (SSSR count). The lowest BCUT2D eigenvalue weighted by atomic mass is 10.3. The van der Waals surface area contributed by atoms with Gasteiger partial charge in [0.1, 0.15) is 0 Å². The van der Waals surface area contributed by atoms with Crippen LogP contribution in [0.1, 0.15) is 19.3 Å². The fraction of sp³-hybridized carbons (Fsp3) is 0.889. The second-order valence-electron chi connectivity index (χ2n) is 3.08. The van der Waals surface area contributed by atoms with Crippen molar-refractivity contribution in [2.24, 2.45) is 4.99 Å². The minimum Gasteiger partial charge on any atom is -0.317 e. The van der Waals surface area contributed by atoms with Gasteiger partial charge in [-0.1, -0.05) is 0 Å². The molecular formula is C9H19N3. The molecule has 1 aliphatic rings. The third-order valence-electron chi connectivity index (χ3n) is 1.93. The Bertz CT molecular complexity index is 109. The van der Waals surface area contributed by atoms with E-state index >= 15 is 0 Å². The summed E-state index contributed by atoms with van der Waals surface area (Å²) in [5.74, 6) is 0. The van der Waals surface area contributed by atoms with Crippen LogP contribution in [-0.2, 0) is 0 Å². The Kier molecular flexibility index (Phi) is 5.85. The molecule has 0 saturated carbocycles. The van der Waals surface area contributed by atoms with Gasteiger partial charge < -0.3 is 10.6 Å². The van der Waals surface area contributed by atoms with E-state index in [9.17, 15) is 0 Å². The van der Waals surface area contributed by atoms with Crippen LogP contribution in [0.15, 0.2) is 4.99 Å². The third kappa shape index (κ3) is 5.27. The van der Waals surface area contributed by atoms with Gasteiger partial charge in [-0.05, 0) is 45.1 Å². The zero-order valence-electron chi connectivity index (χ0n) is 7.68. The number of nitrogens with zero attached hydrogens (tertiary/aromatic N) is 1. The summed E-state index contributed by atoms with van der Waals surface area (Å²) in [6.07, 6.45) is 5.52. The number of hydrogen-bond donors (Lipinski definition) is 2. The van der Waals surface area contributed by atoms with Crippen LogP contribution in [0.2, 0.25) is 0 Å². The third-order valence-corrected chi connectivity index (χ3v) is 1.93. The van der Waals surface area contributed by atoms with E-state index in [1.54, 1.807) is 0 Å². The monoisotopic (exact) mass is 169 g/mol. The normalized spacial score (nSPS) is 22.7. The fourth-order valence-electron chi connectivity index (χ4n) is 1.23. The smallest absolute Gasteiger partial charge is 0.0397 e. The van der Waals surface area contributed by atoms with E-state index in [0.717, 1.165) is 39.1 Å². The number of hydrogen-bond acceptors (Lipinski definition) is 3. The van der Waals surface area contributed by atoms with Crippen LogP contribution >= 0.6 is 0 Å². The molecule has 1 heterocycles. The zero-order valence-corrected chi connectivity index (χ0v) is 7.68. The lowest BCUT2D eigenvalue weighted by molar-refractivity contribution is 0.588. The molecule has 3 nitrogen and oxygen atoms in total. The van der Waals surface area contributed by atoms with Gasteiger partial charge in [0, 0.05) is 13.1 Å². The largest absolute Gasteiger partial charge is 0.317 e. The summed E-state index contributed by atoms with van der Waals surface area (Å²) >= 11 is 0. The topological polar surface area (TPSA) is 36.4 Å². The molecule has 0 bridgehead atoms. The molecule has 0 amide bonds. The van der Waals surface area contributed by atoms with E-state index in [-0.39, 0.29) is 0 Å². The zero-order chi connectivity index (χ0) is 8.49. The van der Waals surface area contributed by atoms with Crippen molar-refractivity contribution in [2.45, 2.75) is 19.3 Å². The Morgan fingerprint density at radius 1 is 0.917 bits per heavy atom. The van der Waals surface area contributed by atoms with Crippen molar-refractivity contribution in [3.63, 3.8) is 0 Å². The van der Waals surface area contributed by atoms with Gasteiger partial charge in [0.25, 0.3) is 0 Å². The number of rotatable bonds is 0. The van der Waals surface area contributed by atoms with Crippen LogP contribution in [0.5, 0.6) is 0 Å². The van der Waals surface area contributed by atoms with Crippen LogP contribution in [0.4, 0.5) is 0 Å². The van der Waals surface area contributed by atoms with Gasteiger partial charge in [0.05, 0.1) is 0 Å². The van der Waals surface area contributed by atoms with Crippen molar-refractivity contribution in [2.75, 3.05) is 32.7 Å². The molecule has 0 radical (unpaired) electrons. The van der Waals surface area contributed by atoms with Gasteiger partial charge in [-0.25, -0.2) is 0 Å². The lowest BCUT2D eigenvalue weighted by Crippen LogP contribution is -2.24. The van der Waals surface area contributed by atoms with E-state index in [2.05, 4.69) is 15.6 Å². The average Bonchev–Trinajstić information content (AvgIpc) is 2.05. The van der Waals surface area contributed by atoms with Crippen molar-refractivity contribution < 1.29 is 0 Å². The molecule has 0 aliphatic carbocycles. The van der Waals surface area contributed by atoms with Crippen molar-refractivity contribution in [3.8, 4) is 0 Å². The van der Waals surface area contributed by atoms with Gasteiger partial charge in [0.15, 0.2) is 0 Å². The van der Waals surface area contributed by atoms with Crippen molar-refractivity contribution >= 4 is 6.21 Å². The summed E-state index contributed by atoms with van der Waals surface area (Å²) in [4.78, 5) is 4.30. The minimum absolute atomic E-state index is 0.979. The van der Waals surface area contributed by atoms with Gasteiger partial charge in [0.2, 0.25) is 0 Å². The molecule has 1 aliphatic heterocycles. The predicted octanol–water partition coefficient (Wildman–Crippen LogP) is 0.420. The molecule has 3 heteroatoms. The quantitative estimate of drug-likeness (QED) is 0.551. The molecular weight excluding hydrogens is 150 g/mol. The van der Waals surface area contributed by atoms with Gasteiger partial charge in [-0.15, -0.1) is 0 Å². The summed E-state index contributed by atoms with van der Waals surface area (Å²) in [7, 11) is 0. The van der Waals surface area contributed by atoms with Crippen LogP contribution in [-0.4, -0.2) is 38.9 Å². The Morgan fingerprint density at radius 3 is 2.58 bits per heavy atom. The van der Waals surface area contributed by atoms with E-state index in [1.807, 2.05) is 6.21 Å². The van der Waals surface area contributed by atoms with Gasteiger partial charge >= 0.3 is 0 Å². The van der Waals surface area contributed by atoms with Crippen LogP contribution in [0.3, 0.4) is 0 Å².